The van der Waals surface area contributed by atoms with Gasteiger partial charge in [0.2, 0.25) is 10.8 Å². The van der Waals surface area contributed by atoms with Gasteiger partial charge in [0.25, 0.3) is 0 Å². The average Bonchev–Trinajstić information content (AvgIpc) is 3.27. The Kier molecular flexibility index (Phi) is 2.98. The molecule has 0 amide bonds. The quantitative estimate of drug-likeness (QED) is 0.488. The first-order valence-corrected chi connectivity index (χ1v) is 8.76. The predicted molar refractivity (Wildman–Crippen MR) is 97.8 cm³/mol. The van der Waals surface area contributed by atoms with Crippen LogP contribution in [0.1, 0.15) is 11.3 Å². The molecule has 122 valence electrons. The van der Waals surface area contributed by atoms with Gasteiger partial charge in [0.05, 0.1) is 5.69 Å². The van der Waals surface area contributed by atoms with Crippen molar-refractivity contribution in [2.75, 3.05) is 0 Å². The van der Waals surface area contributed by atoms with E-state index < -0.39 is 0 Å². The van der Waals surface area contributed by atoms with Crippen LogP contribution in [-0.2, 0) is 0 Å². The van der Waals surface area contributed by atoms with E-state index in [1.807, 2.05) is 52.4 Å². The summed E-state index contributed by atoms with van der Waals surface area (Å²) in [6.45, 7) is 4.07. The Morgan fingerprint density at radius 2 is 1.80 bits per heavy atom. The predicted octanol–water partition coefficient (Wildman–Crippen LogP) is 3.78. The molecule has 25 heavy (non-hydrogen) atoms. The van der Waals surface area contributed by atoms with E-state index in [2.05, 4.69) is 34.2 Å². The van der Waals surface area contributed by atoms with Gasteiger partial charge in [-0.15, -0.1) is 10.2 Å². The molecule has 5 aromatic rings. The maximum absolute atomic E-state index is 4.78. The number of imidazole rings is 1. The Hall–Kier alpha value is -3.06. The smallest absolute Gasteiger partial charge is 0.235 e. The third kappa shape index (κ3) is 2.09. The Morgan fingerprint density at radius 3 is 2.68 bits per heavy atom. The number of benzene rings is 1. The SMILES string of the molecule is Cc1ccccc1-c1nn2c(-c3c(C)nc4ccccn34)nnc2s1. The van der Waals surface area contributed by atoms with Crippen molar-refractivity contribution in [3.8, 4) is 22.1 Å². The van der Waals surface area contributed by atoms with Crippen LogP contribution in [0, 0.1) is 13.8 Å². The highest BCUT2D eigenvalue weighted by atomic mass is 32.1. The summed E-state index contributed by atoms with van der Waals surface area (Å²) in [6.07, 6.45) is 1.99. The minimum absolute atomic E-state index is 0.710. The molecule has 0 saturated heterocycles. The van der Waals surface area contributed by atoms with Gasteiger partial charge in [0, 0.05) is 11.8 Å². The molecule has 0 saturated carbocycles. The number of rotatable bonds is 2. The molecular weight excluding hydrogens is 332 g/mol. The van der Waals surface area contributed by atoms with Gasteiger partial charge >= 0.3 is 0 Å². The molecular formula is C18H14N6S. The molecule has 0 aliphatic carbocycles. The maximum atomic E-state index is 4.78. The average molecular weight is 346 g/mol. The Bertz CT molecular complexity index is 1230. The topological polar surface area (TPSA) is 60.4 Å². The number of aryl methyl sites for hydroxylation is 2. The first-order valence-electron chi connectivity index (χ1n) is 7.94. The highest BCUT2D eigenvalue weighted by Crippen LogP contribution is 2.30. The lowest BCUT2D eigenvalue weighted by Gasteiger charge is -2.01. The molecule has 0 fully saturated rings. The van der Waals surface area contributed by atoms with Crippen LogP contribution in [0.2, 0.25) is 0 Å². The number of fused-ring (bicyclic) bond motifs is 2. The number of aromatic nitrogens is 6. The van der Waals surface area contributed by atoms with Crippen LogP contribution in [0.3, 0.4) is 0 Å². The van der Waals surface area contributed by atoms with E-state index in [1.165, 1.54) is 5.56 Å². The van der Waals surface area contributed by atoms with Crippen molar-refractivity contribution in [2.45, 2.75) is 13.8 Å². The molecule has 0 N–H and O–H groups in total. The second kappa shape index (κ2) is 5.22. The zero-order valence-electron chi connectivity index (χ0n) is 13.7. The van der Waals surface area contributed by atoms with Gasteiger partial charge in [-0.2, -0.15) is 9.61 Å². The van der Waals surface area contributed by atoms with Gasteiger partial charge in [-0.3, -0.25) is 4.40 Å². The third-order valence-corrected chi connectivity index (χ3v) is 5.21. The summed E-state index contributed by atoms with van der Waals surface area (Å²) in [5, 5.41) is 14.4. The van der Waals surface area contributed by atoms with Crippen molar-refractivity contribution in [3.05, 3.63) is 59.9 Å². The summed E-state index contributed by atoms with van der Waals surface area (Å²) in [7, 11) is 0. The summed E-state index contributed by atoms with van der Waals surface area (Å²) in [5.41, 5.74) is 5.04. The standard InChI is InChI=1S/C18H14N6S/c1-11-7-3-4-8-13(11)17-22-24-16(20-21-18(24)25-17)15-12(2)19-14-9-5-6-10-23(14)15/h3-10H,1-2H3. The Balaban J connectivity index is 1.75. The van der Waals surface area contributed by atoms with E-state index in [0.29, 0.717) is 5.82 Å². The fourth-order valence-corrected chi connectivity index (χ4v) is 4.00. The first-order chi connectivity index (χ1) is 12.2. The van der Waals surface area contributed by atoms with Crippen LogP contribution in [0.15, 0.2) is 48.7 Å². The molecule has 4 heterocycles. The Morgan fingerprint density at radius 1 is 0.960 bits per heavy atom. The molecule has 0 spiro atoms. The number of hydrogen-bond donors (Lipinski definition) is 0. The van der Waals surface area contributed by atoms with Crippen molar-refractivity contribution < 1.29 is 0 Å². The largest absolute Gasteiger partial charge is 0.297 e. The number of nitrogens with zero attached hydrogens (tertiary/aromatic N) is 6. The monoisotopic (exact) mass is 346 g/mol. The van der Waals surface area contributed by atoms with Crippen LogP contribution in [0.4, 0.5) is 0 Å². The zero-order valence-corrected chi connectivity index (χ0v) is 14.5. The van der Waals surface area contributed by atoms with Crippen molar-refractivity contribution >= 4 is 21.9 Å². The second-order valence-electron chi connectivity index (χ2n) is 5.91. The van der Waals surface area contributed by atoms with Crippen molar-refractivity contribution in [1.29, 1.82) is 0 Å². The van der Waals surface area contributed by atoms with Crippen LogP contribution >= 0.6 is 11.3 Å². The summed E-state index contributed by atoms with van der Waals surface area (Å²) >= 11 is 1.54. The lowest BCUT2D eigenvalue weighted by atomic mass is 10.1. The second-order valence-corrected chi connectivity index (χ2v) is 6.87. The van der Waals surface area contributed by atoms with Crippen molar-refractivity contribution in [2.24, 2.45) is 0 Å². The van der Waals surface area contributed by atoms with Gasteiger partial charge < -0.3 is 0 Å². The highest BCUT2D eigenvalue weighted by molar-refractivity contribution is 7.19. The molecule has 0 radical (unpaired) electrons. The van der Waals surface area contributed by atoms with Crippen LogP contribution < -0.4 is 0 Å². The van der Waals surface area contributed by atoms with Gasteiger partial charge in [-0.25, -0.2) is 4.98 Å². The summed E-state index contributed by atoms with van der Waals surface area (Å²) in [5.74, 6) is 0.710. The molecule has 0 atom stereocenters. The molecule has 0 unspecified atom stereocenters. The molecule has 0 bridgehead atoms. The normalized spacial score (nSPS) is 11.6. The molecule has 6 nitrogen and oxygen atoms in total. The summed E-state index contributed by atoms with van der Waals surface area (Å²) < 4.78 is 3.84. The van der Waals surface area contributed by atoms with Gasteiger partial charge in [0.1, 0.15) is 16.3 Å². The van der Waals surface area contributed by atoms with E-state index in [9.17, 15) is 0 Å². The number of hydrogen-bond acceptors (Lipinski definition) is 5. The summed E-state index contributed by atoms with van der Waals surface area (Å²) in [4.78, 5) is 5.39. The fourth-order valence-electron chi connectivity index (χ4n) is 3.07. The summed E-state index contributed by atoms with van der Waals surface area (Å²) in [6, 6.07) is 14.2. The van der Waals surface area contributed by atoms with Gasteiger partial charge in [-0.1, -0.05) is 41.7 Å². The van der Waals surface area contributed by atoms with E-state index in [-0.39, 0.29) is 0 Å². The van der Waals surface area contributed by atoms with E-state index in [4.69, 9.17) is 5.10 Å². The van der Waals surface area contributed by atoms with E-state index >= 15 is 0 Å². The lowest BCUT2D eigenvalue weighted by molar-refractivity contribution is 0.953. The van der Waals surface area contributed by atoms with Crippen LogP contribution in [-0.4, -0.2) is 29.2 Å². The minimum Gasteiger partial charge on any atom is -0.297 e. The molecule has 4 aromatic heterocycles. The lowest BCUT2D eigenvalue weighted by Crippen LogP contribution is -1.96. The first kappa shape index (κ1) is 14.3. The minimum atomic E-state index is 0.710. The molecule has 7 heteroatoms. The van der Waals surface area contributed by atoms with Crippen molar-refractivity contribution in [1.82, 2.24) is 29.2 Å². The molecule has 5 rings (SSSR count). The number of pyridine rings is 1. The van der Waals surface area contributed by atoms with Crippen LogP contribution in [0.5, 0.6) is 0 Å². The molecule has 0 aliphatic rings. The highest BCUT2D eigenvalue weighted by Gasteiger charge is 2.20. The van der Waals surface area contributed by atoms with Gasteiger partial charge in [0.15, 0.2) is 0 Å². The molecule has 0 aliphatic heterocycles. The van der Waals surface area contributed by atoms with Crippen molar-refractivity contribution in [3.63, 3.8) is 0 Å². The van der Waals surface area contributed by atoms with Gasteiger partial charge in [-0.05, 0) is 31.5 Å². The van der Waals surface area contributed by atoms with E-state index in [0.717, 1.165) is 32.6 Å². The maximum Gasteiger partial charge on any atom is 0.235 e. The molecule has 1 aromatic carbocycles. The Labute approximate surface area is 147 Å². The zero-order chi connectivity index (χ0) is 17.0. The fraction of sp³-hybridized carbons (Fsp3) is 0.111. The van der Waals surface area contributed by atoms with E-state index in [1.54, 1.807) is 11.3 Å². The third-order valence-electron chi connectivity index (χ3n) is 4.28. The van der Waals surface area contributed by atoms with Crippen LogP contribution in [0.25, 0.3) is 32.7 Å².